The van der Waals surface area contributed by atoms with Gasteiger partial charge in [0.2, 0.25) is 0 Å². The molecule has 0 heterocycles. The summed E-state index contributed by atoms with van der Waals surface area (Å²) in [6.45, 7) is 2.17. The maximum Gasteiger partial charge on any atom is 0.0885 e. The molecule has 3 N–H and O–H groups in total. The molecule has 0 amide bonds. The van der Waals surface area contributed by atoms with Crippen molar-refractivity contribution in [1.29, 1.82) is 0 Å². The fourth-order valence-corrected chi connectivity index (χ4v) is 2.68. The highest BCUT2D eigenvalue weighted by atomic mass is 16.5. The van der Waals surface area contributed by atoms with Gasteiger partial charge >= 0.3 is 0 Å². The Kier molecular flexibility index (Phi) is 3.82. The number of hydrazine groups is 1. The molecular formula is C14H22N2O. The molecule has 1 aromatic carbocycles. The van der Waals surface area contributed by atoms with E-state index in [1.54, 1.807) is 7.11 Å². The molecule has 0 aliphatic heterocycles. The Morgan fingerprint density at radius 3 is 2.71 bits per heavy atom. The van der Waals surface area contributed by atoms with Crippen LogP contribution in [0, 0.1) is 0 Å². The average molecular weight is 234 g/mol. The van der Waals surface area contributed by atoms with Crippen LogP contribution in [0.25, 0.3) is 0 Å². The monoisotopic (exact) mass is 234 g/mol. The number of hydrogen-bond acceptors (Lipinski definition) is 3. The van der Waals surface area contributed by atoms with Gasteiger partial charge in [0.1, 0.15) is 0 Å². The minimum atomic E-state index is -0.110. The largest absolute Gasteiger partial charge is 0.376 e. The molecule has 0 saturated heterocycles. The topological polar surface area (TPSA) is 47.3 Å². The molecule has 0 spiro atoms. The third-order valence-electron chi connectivity index (χ3n) is 3.99. The Hall–Kier alpha value is -0.900. The summed E-state index contributed by atoms with van der Waals surface area (Å²) in [7, 11) is 1.78. The first-order valence-corrected chi connectivity index (χ1v) is 6.36. The van der Waals surface area contributed by atoms with Crippen LogP contribution in [0.15, 0.2) is 24.3 Å². The number of ether oxygens (including phenoxy) is 1. The van der Waals surface area contributed by atoms with Gasteiger partial charge in [0.15, 0.2) is 0 Å². The maximum absolute atomic E-state index is 5.74. The molecular weight excluding hydrogens is 212 g/mol. The van der Waals surface area contributed by atoms with E-state index in [4.69, 9.17) is 10.6 Å². The fourth-order valence-electron chi connectivity index (χ4n) is 2.68. The third kappa shape index (κ3) is 2.23. The molecule has 1 unspecified atom stereocenters. The molecule has 3 nitrogen and oxygen atoms in total. The fraction of sp³-hybridized carbons (Fsp3) is 0.571. The van der Waals surface area contributed by atoms with Gasteiger partial charge in [-0.2, -0.15) is 0 Å². The van der Waals surface area contributed by atoms with Crippen LogP contribution >= 0.6 is 0 Å². The van der Waals surface area contributed by atoms with E-state index in [1.807, 2.05) is 0 Å². The van der Waals surface area contributed by atoms with Crippen LogP contribution in [0.4, 0.5) is 0 Å². The van der Waals surface area contributed by atoms with Gasteiger partial charge in [-0.05, 0) is 36.8 Å². The zero-order valence-electron chi connectivity index (χ0n) is 10.7. The summed E-state index contributed by atoms with van der Waals surface area (Å²) in [6.07, 6.45) is 4.42. The van der Waals surface area contributed by atoms with Crippen molar-refractivity contribution in [2.24, 2.45) is 5.84 Å². The van der Waals surface area contributed by atoms with Crippen LogP contribution in [-0.4, -0.2) is 12.7 Å². The van der Waals surface area contributed by atoms with Crippen molar-refractivity contribution in [3.63, 3.8) is 0 Å². The Morgan fingerprint density at radius 2 is 2.24 bits per heavy atom. The van der Waals surface area contributed by atoms with Crippen LogP contribution in [0.2, 0.25) is 0 Å². The van der Waals surface area contributed by atoms with Crippen molar-refractivity contribution in [2.45, 2.75) is 44.2 Å². The van der Waals surface area contributed by atoms with Crippen molar-refractivity contribution in [3.05, 3.63) is 35.4 Å². The number of nitrogens with one attached hydrogen (secondary N) is 1. The zero-order chi connectivity index (χ0) is 12.3. The number of nitrogens with two attached hydrogens (primary N) is 1. The maximum atomic E-state index is 5.74. The standard InChI is InChI=1S/C14H22N2O/c1-3-11-6-4-7-12(10-11)13(16-15)14(17-2)8-5-9-14/h4,6-7,10,13,16H,3,5,8-9,15H2,1-2H3. The first kappa shape index (κ1) is 12.6. The quantitative estimate of drug-likeness (QED) is 0.607. The van der Waals surface area contributed by atoms with Crippen molar-refractivity contribution < 1.29 is 4.74 Å². The van der Waals surface area contributed by atoms with Gasteiger partial charge in [-0.1, -0.05) is 31.2 Å². The minimum Gasteiger partial charge on any atom is -0.376 e. The van der Waals surface area contributed by atoms with E-state index in [0.717, 1.165) is 19.3 Å². The van der Waals surface area contributed by atoms with Gasteiger partial charge in [-0.3, -0.25) is 11.3 Å². The summed E-state index contributed by atoms with van der Waals surface area (Å²) in [5, 5.41) is 0. The second-order valence-electron chi connectivity index (χ2n) is 4.82. The first-order chi connectivity index (χ1) is 8.25. The smallest absolute Gasteiger partial charge is 0.0885 e. The predicted molar refractivity (Wildman–Crippen MR) is 69.5 cm³/mol. The summed E-state index contributed by atoms with van der Waals surface area (Å²) in [5.74, 6) is 5.74. The Bertz CT molecular complexity index is 369. The molecule has 3 heteroatoms. The van der Waals surface area contributed by atoms with E-state index >= 15 is 0 Å². The van der Waals surface area contributed by atoms with Crippen molar-refractivity contribution in [1.82, 2.24) is 5.43 Å². The normalized spacial score (nSPS) is 19.7. The highest BCUT2D eigenvalue weighted by Gasteiger charge is 2.44. The lowest BCUT2D eigenvalue weighted by Gasteiger charge is -2.46. The second kappa shape index (κ2) is 5.17. The van der Waals surface area contributed by atoms with E-state index in [0.29, 0.717) is 0 Å². The highest BCUT2D eigenvalue weighted by molar-refractivity contribution is 5.29. The Labute approximate surface area is 103 Å². The van der Waals surface area contributed by atoms with E-state index in [1.165, 1.54) is 17.5 Å². The van der Waals surface area contributed by atoms with Crippen molar-refractivity contribution >= 4 is 0 Å². The molecule has 1 aliphatic carbocycles. The number of aryl methyl sites for hydroxylation is 1. The van der Waals surface area contributed by atoms with E-state index in [9.17, 15) is 0 Å². The van der Waals surface area contributed by atoms with Gasteiger partial charge in [0.25, 0.3) is 0 Å². The molecule has 1 fully saturated rings. The van der Waals surface area contributed by atoms with E-state index in [2.05, 4.69) is 36.6 Å². The van der Waals surface area contributed by atoms with Gasteiger partial charge < -0.3 is 4.74 Å². The number of methoxy groups -OCH3 is 1. The molecule has 2 rings (SSSR count). The molecule has 0 bridgehead atoms. The van der Waals surface area contributed by atoms with Crippen molar-refractivity contribution in [2.75, 3.05) is 7.11 Å². The van der Waals surface area contributed by atoms with Crippen LogP contribution in [0.1, 0.15) is 43.4 Å². The highest BCUT2D eigenvalue weighted by Crippen LogP contribution is 2.44. The van der Waals surface area contributed by atoms with Gasteiger partial charge in [-0.25, -0.2) is 0 Å². The van der Waals surface area contributed by atoms with Crippen molar-refractivity contribution in [3.8, 4) is 0 Å². The lowest BCUT2D eigenvalue weighted by atomic mass is 9.72. The van der Waals surface area contributed by atoms with Gasteiger partial charge in [-0.15, -0.1) is 0 Å². The Morgan fingerprint density at radius 1 is 1.47 bits per heavy atom. The lowest BCUT2D eigenvalue weighted by Crippen LogP contribution is -2.52. The van der Waals surface area contributed by atoms with Crippen LogP contribution < -0.4 is 11.3 Å². The van der Waals surface area contributed by atoms with Gasteiger partial charge in [0, 0.05) is 7.11 Å². The molecule has 1 aliphatic rings. The number of rotatable bonds is 5. The number of hydrogen-bond donors (Lipinski definition) is 2. The predicted octanol–water partition coefficient (Wildman–Crippen LogP) is 2.32. The molecule has 94 valence electrons. The SMILES string of the molecule is CCc1cccc(C(NN)C2(OC)CCC2)c1. The molecule has 1 atom stereocenters. The third-order valence-corrected chi connectivity index (χ3v) is 3.99. The molecule has 1 aromatic rings. The first-order valence-electron chi connectivity index (χ1n) is 6.36. The molecule has 17 heavy (non-hydrogen) atoms. The molecule has 0 aromatic heterocycles. The average Bonchev–Trinajstić information content (AvgIpc) is 2.33. The summed E-state index contributed by atoms with van der Waals surface area (Å²) in [5.41, 5.74) is 5.40. The van der Waals surface area contributed by atoms with E-state index in [-0.39, 0.29) is 11.6 Å². The van der Waals surface area contributed by atoms with Gasteiger partial charge in [0.05, 0.1) is 11.6 Å². The minimum absolute atomic E-state index is 0.0905. The second-order valence-corrected chi connectivity index (χ2v) is 4.82. The van der Waals surface area contributed by atoms with Crippen LogP contribution in [-0.2, 0) is 11.2 Å². The summed E-state index contributed by atoms with van der Waals surface area (Å²) >= 11 is 0. The zero-order valence-corrected chi connectivity index (χ0v) is 10.7. The van der Waals surface area contributed by atoms with Crippen LogP contribution in [0.5, 0.6) is 0 Å². The summed E-state index contributed by atoms with van der Waals surface area (Å²) in [6, 6.07) is 8.69. The summed E-state index contributed by atoms with van der Waals surface area (Å²) < 4.78 is 5.71. The lowest BCUT2D eigenvalue weighted by molar-refractivity contribution is -0.0999. The number of benzene rings is 1. The molecule has 0 radical (unpaired) electrons. The summed E-state index contributed by atoms with van der Waals surface area (Å²) in [4.78, 5) is 0. The molecule has 1 saturated carbocycles. The van der Waals surface area contributed by atoms with Crippen LogP contribution in [0.3, 0.4) is 0 Å². The van der Waals surface area contributed by atoms with E-state index < -0.39 is 0 Å². The Balaban J connectivity index is 2.28.